The van der Waals surface area contributed by atoms with Gasteiger partial charge < -0.3 is 9.47 Å². The number of sulfone groups is 1. The molecule has 0 aliphatic carbocycles. The molecule has 0 fully saturated rings. The predicted molar refractivity (Wildman–Crippen MR) is 46.0 cm³/mol. The maximum Gasteiger partial charge on any atom is 0.323 e. The normalized spacial score (nSPS) is 11.1. The van der Waals surface area contributed by atoms with E-state index in [9.17, 15) is 8.42 Å². The van der Waals surface area contributed by atoms with Gasteiger partial charge in [-0.3, -0.25) is 0 Å². The summed E-state index contributed by atoms with van der Waals surface area (Å²) in [7, 11) is -0.850. The van der Waals surface area contributed by atoms with Gasteiger partial charge in [0.2, 0.25) is 9.84 Å². The molecule has 1 aromatic heterocycles. The Morgan fingerprint density at radius 3 is 1.71 bits per heavy atom. The highest BCUT2D eigenvalue weighted by Gasteiger charge is 2.15. The molecule has 0 saturated carbocycles. The van der Waals surface area contributed by atoms with Gasteiger partial charge in [0.05, 0.1) is 14.2 Å². The largest absolute Gasteiger partial charge is 0.467 e. The highest BCUT2D eigenvalue weighted by molar-refractivity contribution is 7.90. The van der Waals surface area contributed by atoms with Crippen LogP contribution in [0.15, 0.2) is 5.16 Å². The Balaban J connectivity index is 3.32. The van der Waals surface area contributed by atoms with Gasteiger partial charge in [-0.2, -0.15) is 9.97 Å². The molecule has 1 rings (SSSR count). The highest BCUT2D eigenvalue weighted by Crippen LogP contribution is 2.11. The van der Waals surface area contributed by atoms with Crippen molar-refractivity contribution in [2.75, 3.05) is 20.5 Å². The van der Waals surface area contributed by atoms with Crippen LogP contribution in [0.1, 0.15) is 0 Å². The smallest absolute Gasteiger partial charge is 0.323 e. The van der Waals surface area contributed by atoms with E-state index in [0.717, 1.165) is 6.26 Å². The second kappa shape index (κ2) is 3.74. The first-order valence-corrected chi connectivity index (χ1v) is 5.40. The molecule has 14 heavy (non-hydrogen) atoms. The van der Waals surface area contributed by atoms with Crippen LogP contribution in [0.25, 0.3) is 0 Å². The first kappa shape index (κ1) is 10.6. The molecule has 1 aromatic rings. The number of nitrogens with zero attached hydrogens (tertiary/aromatic N) is 3. The Hall–Kier alpha value is -1.44. The van der Waals surface area contributed by atoms with Gasteiger partial charge in [-0.1, -0.05) is 0 Å². The molecule has 0 aromatic carbocycles. The summed E-state index contributed by atoms with van der Waals surface area (Å²) >= 11 is 0. The molecule has 0 amide bonds. The van der Waals surface area contributed by atoms with Crippen LogP contribution in [-0.4, -0.2) is 43.8 Å². The molecule has 0 aliphatic heterocycles. The van der Waals surface area contributed by atoms with Crippen LogP contribution in [0.3, 0.4) is 0 Å². The lowest BCUT2D eigenvalue weighted by atomic mass is 11.0. The van der Waals surface area contributed by atoms with E-state index in [0.29, 0.717) is 0 Å². The minimum absolute atomic E-state index is 0.0997. The lowest BCUT2D eigenvalue weighted by molar-refractivity contribution is 0.331. The third-order valence-electron chi connectivity index (χ3n) is 1.27. The first-order valence-electron chi connectivity index (χ1n) is 3.51. The van der Waals surface area contributed by atoms with Crippen LogP contribution in [0.4, 0.5) is 0 Å². The molecular weight excluding hydrogens is 210 g/mol. The van der Waals surface area contributed by atoms with Gasteiger partial charge in [-0.05, 0) is 0 Å². The molecule has 1 heterocycles. The number of methoxy groups -OCH3 is 2. The fraction of sp³-hybridized carbons (Fsp3) is 0.500. The summed E-state index contributed by atoms with van der Waals surface area (Å²) in [5.74, 6) is 0. The zero-order valence-electron chi connectivity index (χ0n) is 7.88. The van der Waals surface area contributed by atoms with Crippen molar-refractivity contribution in [3.05, 3.63) is 0 Å². The van der Waals surface area contributed by atoms with E-state index in [1.165, 1.54) is 14.2 Å². The van der Waals surface area contributed by atoms with Crippen molar-refractivity contribution in [1.29, 1.82) is 0 Å². The molecule has 0 atom stereocenters. The molecule has 8 heteroatoms. The van der Waals surface area contributed by atoms with E-state index in [2.05, 4.69) is 24.4 Å². The lowest BCUT2D eigenvalue weighted by Gasteiger charge is -2.02. The van der Waals surface area contributed by atoms with Crippen LogP contribution in [0, 0.1) is 0 Å². The number of hydrogen-bond acceptors (Lipinski definition) is 7. The SMILES string of the molecule is COc1nc(OC)nc(S(C)(=O)=O)n1. The average molecular weight is 219 g/mol. The standard InChI is InChI=1S/C6H9N3O4S/c1-12-4-7-5(13-2)9-6(8-4)14(3,10)11/h1-3H3. The van der Waals surface area contributed by atoms with Crippen molar-refractivity contribution in [3.63, 3.8) is 0 Å². The van der Waals surface area contributed by atoms with Crippen molar-refractivity contribution in [3.8, 4) is 12.0 Å². The molecule has 0 N–H and O–H groups in total. The fourth-order valence-corrected chi connectivity index (χ4v) is 1.16. The average Bonchev–Trinajstić information content (AvgIpc) is 2.15. The second-order valence-electron chi connectivity index (χ2n) is 2.36. The first-order chi connectivity index (χ1) is 6.47. The van der Waals surface area contributed by atoms with Crippen LogP contribution in [0.2, 0.25) is 0 Å². The van der Waals surface area contributed by atoms with Crippen LogP contribution in [-0.2, 0) is 9.84 Å². The molecule has 0 bridgehead atoms. The van der Waals surface area contributed by atoms with E-state index >= 15 is 0 Å². The van der Waals surface area contributed by atoms with Gasteiger partial charge in [0.25, 0.3) is 5.16 Å². The van der Waals surface area contributed by atoms with Crippen LogP contribution < -0.4 is 9.47 Å². The summed E-state index contributed by atoms with van der Waals surface area (Å²) in [5.41, 5.74) is 0. The quantitative estimate of drug-likeness (QED) is 0.663. The number of rotatable bonds is 3. The zero-order chi connectivity index (χ0) is 10.8. The Morgan fingerprint density at radius 1 is 1.00 bits per heavy atom. The minimum Gasteiger partial charge on any atom is -0.467 e. The van der Waals surface area contributed by atoms with E-state index in [1.54, 1.807) is 0 Å². The van der Waals surface area contributed by atoms with Crippen molar-refractivity contribution in [1.82, 2.24) is 15.0 Å². The predicted octanol–water partition coefficient (Wildman–Crippen LogP) is -0.708. The van der Waals surface area contributed by atoms with Gasteiger partial charge in [-0.15, -0.1) is 4.98 Å². The van der Waals surface area contributed by atoms with Gasteiger partial charge in [0.1, 0.15) is 0 Å². The molecule has 0 spiro atoms. The van der Waals surface area contributed by atoms with Crippen molar-refractivity contribution in [2.24, 2.45) is 0 Å². The lowest BCUT2D eigenvalue weighted by Crippen LogP contribution is -2.08. The molecular formula is C6H9N3O4S. The summed E-state index contributed by atoms with van der Waals surface area (Å²) < 4.78 is 31.6. The van der Waals surface area contributed by atoms with E-state index in [4.69, 9.17) is 0 Å². The minimum atomic E-state index is -3.49. The van der Waals surface area contributed by atoms with Crippen molar-refractivity contribution in [2.45, 2.75) is 5.16 Å². The maximum absolute atomic E-state index is 11.1. The summed E-state index contributed by atoms with van der Waals surface area (Å²) in [6, 6.07) is -0.199. The summed E-state index contributed by atoms with van der Waals surface area (Å²) in [6.45, 7) is 0. The van der Waals surface area contributed by atoms with Crippen molar-refractivity contribution < 1.29 is 17.9 Å². The Bertz CT molecular complexity index is 408. The van der Waals surface area contributed by atoms with E-state index in [1.807, 2.05) is 0 Å². The van der Waals surface area contributed by atoms with Gasteiger partial charge in [0.15, 0.2) is 0 Å². The third-order valence-corrected chi connectivity index (χ3v) is 2.12. The van der Waals surface area contributed by atoms with Gasteiger partial charge in [-0.25, -0.2) is 8.42 Å². The Labute approximate surface area is 81.0 Å². The highest BCUT2D eigenvalue weighted by atomic mass is 32.2. The van der Waals surface area contributed by atoms with Crippen molar-refractivity contribution >= 4 is 9.84 Å². The maximum atomic E-state index is 11.1. The summed E-state index contributed by atoms with van der Waals surface area (Å²) in [5, 5.41) is -0.374. The molecule has 0 unspecified atom stereocenters. The van der Waals surface area contributed by atoms with E-state index < -0.39 is 9.84 Å². The zero-order valence-corrected chi connectivity index (χ0v) is 8.70. The van der Waals surface area contributed by atoms with Gasteiger partial charge in [0, 0.05) is 6.26 Å². The summed E-state index contributed by atoms with van der Waals surface area (Å²) in [4.78, 5) is 10.8. The number of ether oxygens (including phenoxy) is 2. The molecule has 78 valence electrons. The van der Waals surface area contributed by atoms with Gasteiger partial charge >= 0.3 is 12.0 Å². The third kappa shape index (κ3) is 2.28. The second-order valence-corrected chi connectivity index (χ2v) is 4.27. The molecule has 0 saturated heterocycles. The monoisotopic (exact) mass is 219 g/mol. The Kier molecular flexibility index (Phi) is 2.84. The molecule has 7 nitrogen and oxygen atoms in total. The Morgan fingerprint density at radius 2 is 1.43 bits per heavy atom. The van der Waals surface area contributed by atoms with Crippen LogP contribution >= 0.6 is 0 Å². The topological polar surface area (TPSA) is 91.3 Å². The fourth-order valence-electron chi connectivity index (χ4n) is 0.669. The molecule has 0 aliphatic rings. The van der Waals surface area contributed by atoms with Crippen LogP contribution in [0.5, 0.6) is 12.0 Å². The number of aromatic nitrogens is 3. The molecule has 0 radical (unpaired) electrons. The summed E-state index contributed by atoms with van der Waals surface area (Å²) in [6.07, 6.45) is 0.987. The van der Waals surface area contributed by atoms with E-state index in [-0.39, 0.29) is 17.2 Å². The number of hydrogen-bond donors (Lipinski definition) is 0.